The van der Waals surface area contributed by atoms with Gasteiger partial charge in [-0.2, -0.15) is 0 Å². The minimum absolute atomic E-state index is 0.0493. The van der Waals surface area contributed by atoms with Crippen molar-refractivity contribution in [1.82, 2.24) is 9.80 Å². The van der Waals surface area contributed by atoms with E-state index in [1.54, 1.807) is 46.2 Å². The van der Waals surface area contributed by atoms with Gasteiger partial charge in [0.1, 0.15) is 6.54 Å². The van der Waals surface area contributed by atoms with Crippen molar-refractivity contribution in [3.63, 3.8) is 0 Å². The number of carbonyl (C=O) groups excluding carboxylic acids is 3. The summed E-state index contributed by atoms with van der Waals surface area (Å²) in [6, 6.07) is 16.0. The number of para-hydroxylation sites is 1. The van der Waals surface area contributed by atoms with Crippen LogP contribution in [-0.4, -0.2) is 53.3 Å². The summed E-state index contributed by atoms with van der Waals surface area (Å²) in [5, 5.41) is 0.598. The van der Waals surface area contributed by atoms with Crippen molar-refractivity contribution < 1.29 is 14.4 Å². The molecule has 2 saturated heterocycles. The molecular formula is C23H22ClN3O3. The largest absolute Gasteiger partial charge is 0.339 e. The molecule has 2 aromatic carbocycles. The van der Waals surface area contributed by atoms with Crippen LogP contribution >= 0.6 is 11.6 Å². The Hall–Kier alpha value is -3.12. The number of amides is 4. The Labute approximate surface area is 180 Å². The fraction of sp³-hybridized carbons (Fsp3) is 0.261. The van der Waals surface area contributed by atoms with E-state index in [9.17, 15) is 14.4 Å². The first-order chi connectivity index (χ1) is 14.5. The molecule has 0 aliphatic carbocycles. The second kappa shape index (κ2) is 8.71. The number of likely N-dealkylation sites (tertiary alicyclic amines) is 1. The van der Waals surface area contributed by atoms with Gasteiger partial charge in [-0.15, -0.1) is 0 Å². The zero-order chi connectivity index (χ0) is 21.1. The maximum absolute atomic E-state index is 12.8. The van der Waals surface area contributed by atoms with Crippen LogP contribution in [0, 0.1) is 0 Å². The summed E-state index contributed by atoms with van der Waals surface area (Å²) in [4.78, 5) is 42.4. The number of hydrogen-bond acceptors (Lipinski definition) is 3. The molecule has 0 bridgehead atoms. The SMILES string of the molecule is O=C(C=Cc1ccccc1Cl)N1CCC(N2CC(=O)N(c3ccccc3)C2=O)CC1. The first-order valence-corrected chi connectivity index (χ1v) is 10.3. The highest BCUT2D eigenvalue weighted by Gasteiger charge is 2.41. The lowest BCUT2D eigenvalue weighted by atomic mass is 10.0. The zero-order valence-electron chi connectivity index (χ0n) is 16.4. The van der Waals surface area contributed by atoms with Crippen molar-refractivity contribution in [2.45, 2.75) is 18.9 Å². The minimum atomic E-state index is -0.283. The number of carbonyl (C=O) groups is 3. The number of anilines is 1. The summed E-state index contributed by atoms with van der Waals surface area (Å²) < 4.78 is 0. The van der Waals surface area contributed by atoms with Crippen molar-refractivity contribution in [3.05, 3.63) is 71.3 Å². The summed E-state index contributed by atoms with van der Waals surface area (Å²) in [6.07, 6.45) is 4.54. The second-order valence-corrected chi connectivity index (χ2v) is 7.79. The molecule has 154 valence electrons. The second-order valence-electron chi connectivity index (χ2n) is 7.39. The number of nitrogens with zero attached hydrogens (tertiary/aromatic N) is 3. The fourth-order valence-corrected chi connectivity index (χ4v) is 4.11. The fourth-order valence-electron chi connectivity index (χ4n) is 3.91. The molecule has 2 heterocycles. The third kappa shape index (κ3) is 4.09. The average Bonchev–Trinajstić information content (AvgIpc) is 3.07. The molecule has 0 saturated carbocycles. The third-order valence-corrected chi connectivity index (χ3v) is 5.88. The van der Waals surface area contributed by atoms with Crippen LogP contribution in [-0.2, 0) is 9.59 Å². The Bertz CT molecular complexity index is 984. The Balaban J connectivity index is 1.35. The molecule has 0 atom stereocenters. The highest BCUT2D eigenvalue weighted by atomic mass is 35.5. The molecule has 2 fully saturated rings. The van der Waals surface area contributed by atoms with E-state index in [1.807, 2.05) is 24.3 Å². The summed E-state index contributed by atoms with van der Waals surface area (Å²) in [5.74, 6) is -0.296. The van der Waals surface area contributed by atoms with Gasteiger partial charge in [0.15, 0.2) is 0 Å². The van der Waals surface area contributed by atoms with Crippen LogP contribution in [0.1, 0.15) is 18.4 Å². The van der Waals surface area contributed by atoms with Crippen LogP contribution in [0.4, 0.5) is 10.5 Å². The minimum Gasteiger partial charge on any atom is -0.339 e. The maximum atomic E-state index is 12.8. The Morgan fingerprint density at radius 2 is 1.63 bits per heavy atom. The molecule has 7 heteroatoms. The molecule has 4 amide bonds. The number of piperidine rings is 1. The lowest BCUT2D eigenvalue weighted by molar-refractivity contribution is -0.127. The highest BCUT2D eigenvalue weighted by molar-refractivity contribution is 6.32. The van der Waals surface area contributed by atoms with Gasteiger partial charge < -0.3 is 9.80 Å². The predicted octanol–water partition coefficient (Wildman–Crippen LogP) is 3.81. The Morgan fingerprint density at radius 3 is 2.33 bits per heavy atom. The van der Waals surface area contributed by atoms with E-state index in [2.05, 4.69) is 0 Å². The van der Waals surface area contributed by atoms with Gasteiger partial charge in [0.25, 0.3) is 5.91 Å². The molecule has 0 spiro atoms. The maximum Gasteiger partial charge on any atom is 0.332 e. The summed E-state index contributed by atoms with van der Waals surface area (Å²) >= 11 is 6.12. The highest BCUT2D eigenvalue weighted by Crippen LogP contribution is 2.26. The van der Waals surface area contributed by atoms with E-state index in [1.165, 1.54) is 11.0 Å². The van der Waals surface area contributed by atoms with Crippen LogP contribution in [0.5, 0.6) is 0 Å². The molecule has 30 heavy (non-hydrogen) atoms. The molecule has 2 aromatic rings. The number of halogens is 1. The van der Waals surface area contributed by atoms with E-state index >= 15 is 0 Å². The number of benzene rings is 2. The molecule has 2 aliphatic rings. The van der Waals surface area contributed by atoms with Gasteiger partial charge in [-0.1, -0.05) is 48.0 Å². The van der Waals surface area contributed by atoms with Crippen LogP contribution in [0.25, 0.3) is 6.08 Å². The molecule has 0 radical (unpaired) electrons. The normalized spacial score (nSPS) is 18.0. The van der Waals surface area contributed by atoms with Crippen molar-refractivity contribution in [1.29, 1.82) is 0 Å². The first-order valence-electron chi connectivity index (χ1n) is 9.95. The number of urea groups is 1. The topological polar surface area (TPSA) is 60.9 Å². The van der Waals surface area contributed by atoms with Crippen molar-refractivity contribution >= 4 is 41.2 Å². The average molecular weight is 424 g/mol. The van der Waals surface area contributed by atoms with Gasteiger partial charge in [0.2, 0.25) is 5.91 Å². The molecule has 0 N–H and O–H groups in total. The first kappa shape index (κ1) is 20.2. The summed E-state index contributed by atoms with van der Waals surface area (Å²) in [7, 11) is 0. The predicted molar refractivity (Wildman–Crippen MR) is 116 cm³/mol. The van der Waals surface area contributed by atoms with E-state index in [0.29, 0.717) is 36.6 Å². The quantitative estimate of drug-likeness (QED) is 0.555. The molecular weight excluding hydrogens is 402 g/mol. The van der Waals surface area contributed by atoms with Crippen LogP contribution in [0.15, 0.2) is 60.7 Å². The van der Waals surface area contributed by atoms with Gasteiger partial charge in [-0.3, -0.25) is 9.59 Å². The van der Waals surface area contributed by atoms with Gasteiger partial charge >= 0.3 is 6.03 Å². The monoisotopic (exact) mass is 423 g/mol. The lowest BCUT2D eigenvalue weighted by Crippen LogP contribution is -2.47. The third-order valence-electron chi connectivity index (χ3n) is 5.53. The Morgan fingerprint density at radius 1 is 0.967 bits per heavy atom. The van der Waals surface area contributed by atoms with Crippen LogP contribution in [0.3, 0.4) is 0 Å². The van der Waals surface area contributed by atoms with E-state index in [0.717, 1.165) is 5.56 Å². The van der Waals surface area contributed by atoms with Crippen LogP contribution in [0.2, 0.25) is 5.02 Å². The standard InChI is InChI=1S/C23H22ClN3O3/c24-20-9-5-4-6-17(20)10-11-21(28)25-14-12-18(13-15-25)26-16-22(29)27(23(26)30)19-7-2-1-3-8-19/h1-11,18H,12-16H2. The molecule has 2 aliphatic heterocycles. The van der Waals surface area contributed by atoms with Crippen molar-refractivity contribution in [2.24, 2.45) is 0 Å². The van der Waals surface area contributed by atoms with E-state index < -0.39 is 0 Å². The van der Waals surface area contributed by atoms with Crippen LogP contribution < -0.4 is 4.90 Å². The molecule has 4 rings (SSSR count). The summed E-state index contributed by atoms with van der Waals surface area (Å²) in [5.41, 5.74) is 1.39. The molecule has 0 aromatic heterocycles. The lowest BCUT2D eigenvalue weighted by Gasteiger charge is -2.35. The molecule has 6 nitrogen and oxygen atoms in total. The van der Waals surface area contributed by atoms with E-state index in [4.69, 9.17) is 11.6 Å². The summed E-state index contributed by atoms with van der Waals surface area (Å²) in [6.45, 7) is 1.16. The number of rotatable bonds is 4. The van der Waals surface area contributed by atoms with Crippen molar-refractivity contribution in [3.8, 4) is 0 Å². The number of imide groups is 1. The van der Waals surface area contributed by atoms with Crippen molar-refractivity contribution in [2.75, 3.05) is 24.5 Å². The Kier molecular flexibility index (Phi) is 5.86. The molecule has 0 unspecified atom stereocenters. The number of hydrogen-bond donors (Lipinski definition) is 0. The van der Waals surface area contributed by atoms with Gasteiger partial charge in [0, 0.05) is 30.2 Å². The van der Waals surface area contributed by atoms with Gasteiger partial charge in [0.05, 0.1) is 5.69 Å². The zero-order valence-corrected chi connectivity index (χ0v) is 17.2. The smallest absolute Gasteiger partial charge is 0.332 e. The van der Waals surface area contributed by atoms with E-state index in [-0.39, 0.29) is 30.4 Å². The van der Waals surface area contributed by atoms with Gasteiger partial charge in [-0.05, 0) is 42.7 Å². The van der Waals surface area contributed by atoms with Gasteiger partial charge in [-0.25, -0.2) is 9.69 Å².